The molecule has 0 saturated carbocycles. The van der Waals surface area contributed by atoms with Gasteiger partial charge in [-0.15, -0.1) is 0 Å². The fourth-order valence-electron chi connectivity index (χ4n) is 2.65. The van der Waals surface area contributed by atoms with Gasteiger partial charge in [0.05, 0.1) is 17.7 Å². The Morgan fingerprint density at radius 3 is 3.09 bits per heavy atom. The number of anilines is 1. The minimum Gasteiger partial charge on any atom is -0.376 e. The molecule has 7 heteroatoms. The third kappa shape index (κ3) is 2.39. The van der Waals surface area contributed by atoms with Gasteiger partial charge in [-0.2, -0.15) is 9.78 Å². The lowest BCUT2D eigenvalue weighted by Gasteiger charge is -2.11. The Kier molecular flexibility index (Phi) is 3.40. The number of pyridine rings is 1. The molecule has 1 N–H and O–H groups in total. The smallest absolute Gasteiger partial charge is 0.170 e. The topological polar surface area (TPSA) is 77.8 Å². The number of rotatable bonds is 4. The van der Waals surface area contributed by atoms with Crippen LogP contribution in [0.2, 0.25) is 0 Å². The van der Waals surface area contributed by atoms with E-state index in [0.29, 0.717) is 0 Å². The van der Waals surface area contributed by atoms with Crippen LogP contribution in [0.25, 0.3) is 16.9 Å². The molecule has 7 nitrogen and oxygen atoms in total. The van der Waals surface area contributed by atoms with Crippen LogP contribution >= 0.6 is 0 Å². The molecule has 112 valence electrons. The lowest BCUT2D eigenvalue weighted by atomic mass is 10.2. The third-order valence-electron chi connectivity index (χ3n) is 3.75. The molecular weight excluding hydrogens is 280 g/mol. The van der Waals surface area contributed by atoms with E-state index in [0.717, 1.165) is 48.7 Å². The van der Waals surface area contributed by atoms with Crippen LogP contribution in [0, 0.1) is 0 Å². The normalized spacial score (nSPS) is 17.9. The quantitative estimate of drug-likeness (QED) is 0.791. The van der Waals surface area contributed by atoms with Crippen molar-refractivity contribution in [1.82, 2.24) is 24.7 Å². The zero-order valence-corrected chi connectivity index (χ0v) is 12.0. The van der Waals surface area contributed by atoms with E-state index in [4.69, 9.17) is 4.74 Å². The Morgan fingerprint density at radius 2 is 2.27 bits per heavy atom. The number of fused-ring (bicyclic) bond motifs is 1. The number of hydrogen-bond acceptors (Lipinski definition) is 6. The maximum atomic E-state index is 5.62. The summed E-state index contributed by atoms with van der Waals surface area (Å²) in [4.78, 5) is 13.0. The second-order valence-corrected chi connectivity index (χ2v) is 5.22. The van der Waals surface area contributed by atoms with Gasteiger partial charge in [0.2, 0.25) is 0 Å². The molecule has 1 atom stereocenters. The van der Waals surface area contributed by atoms with E-state index in [-0.39, 0.29) is 6.10 Å². The highest BCUT2D eigenvalue weighted by atomic mass is 16.5. The summed E-state index contributed by atoms with van der Waals surface area (Å²) in [6.07, 6.45) is 7.53. The first-order chi connectivity index (χ1) is 10.9. The van der Waals surface area contributed by atoms with Crippen LogP contribution in [-0.4, -0.2) is 44.0 Å². The van der Waals surface area contributed by atoms with E-state index in [1.807, 2.05) is 18.2 Å². The van der Waals surface area contributed by atoms with Crippen LogP contribution in [0.4, 0.5) is 5.82 Å². The zero-order chi connectivity index (χ0) is 14.8. The average Bonchev–Trinajstić information content (AvgIpc) is 3.23. The molecular formula is C15H16N6O. The number of aromatic nitrogens is 5. The van der Waals surface area contributed by atoms with Crippen LogP contribution in [0.15, 0.2) is 36.9 Å². The summed E-state index contributed by atoms with van der Waals surface area (Å²) in [5.74, 6) is 1.52. The van der Waals surface area contributed by atoms with E-state index in [1.165, 1.54) is 0 Å². The van der Waals surface area contributed by atoms with Crippen LogP contribution in [0.3, 0.4) is 0 Å². The Bertz CT molecular complexity index is 766. The first-order valence-corrected chi connectivity index (χ1v) is 7.37. The van der Waals surface area contributed by atoms with Gasteiger partial charge in [0, 0.05) is 19.3 Å². The molecule has 1 aliphatic heterocycles. The highest BCUT2D eigenvalue weighted by Gasteiger charge is 2.17. The largest absolute Gasteiger partial charge is 0.376 e. The predicted molar refractivity (Wildman–Crippen MR) is 81.9 cm³/mol. The first kappa shape index (κ1) is 13.1. The average molecular weight is 296 g/mol. The van der Waals surface area contributed by atoms with Crippen molar-refractivity contribution >= 4 is 16.9 Å². The highest BCUT2D eigenvalue weighted by molar-refractivity contribution is 5.86. The summed E-state index contributed by atoms with van der Waals surface area (Å²) in [7, 11) is 0. The summed E-state index contributed by atoms with van der Waals surface area (Å²) < 4.78 is 7.34. The molecule has 0 unspecified atom stereocenters. The lowest BCUT2D eigenvalue weighted by molar-refractivity contribution is 0.120. The maximum absolute atomic E-state index is 5.62. The molecule has 0 bridgehead atoms. The van der Waals surface area contributed by atoms with E-state index >= 15 is 0 Å². The van der Waals surface area contributed by atoms with Gasteiger partial charge in [-0.3, -0.25) is 0 Å². The molecule has 22 heavy (non-hydrogen) atoms. The molecule has 1 aliphatic rings. The first-order valence-electron chi connectivity index (χ1n) is 7.37. The van der Waals surface area contributed by atoms with Gasteiger partial charge in [-0.1, -0.05) is 6.07 Å². The molecule has 0 amide bonds. The van der Waals surface area contributed by atoms with Gasteiger partial charge in [-0.05, 0) is 25.0 Å². The predicted octanol–water partition coefficient (Wildman–Crippen LogP) is 1.80. The molecule has 1 fully saturated rings. The third-order valence-corrected chi connectivity index (χ3v) is 3.75. The molecule has 0 aliphatic carbocycles. The number of nitrogens with one attached hydrogen (secondary N) is 1. The van der Waals surface area contributed by atoms with Crippen molar-refractivity contribution in [3.05, 3.63) is 36.9 Å². The summed E-state index contributed by atoms with van der Waals surface area (Å²) >= 11 is 0. The van der Waals surface area contributed by atoms with Crippen molar-refractivity contribution < 1.29 is 4.74 Å². The molecule has 0 spiro atoms. The summed E-state index contributed by atoms with van der Waals surface area (Å²) in [5, 5.41) is 8.61. The second-order valence-electron chi connectivity index (χ2n) is 5.22. The van der Waals surface area contributed by atoms with E-state index in [1.54, 1.807) is 23.4 Å². The van der Waals surface area contributed by atoms with Gasteiger partial charge < -0.3 is 10.1 Å². The van der Waals surface area contributed by atoms with Crippen LogP contribution < -0.4 is 5.32 Å². The summed E-state index contributed by atoms with van der Waals surface area (Å²) in [5.41, 5.74) is 0.739. The molecule has 4 rings (SSSR count). The number of nitrogens with zero attached hydrogens (tertiary/aromatic N) is 5. The summed E-state index contributed by atoms with van der Waals surface area (Å²) in [6, 6.07) is 5.69. The van der Waals surface area contributed by atoms with Crippen molar-refractivity contribution in [1.29, 1.82) is 0 Å². The van der Waals surface area contributed by atoms with Gasteiger partial charge in [0.15, 0.2) is 11.5 Å². The molecule has 0 aromatic carbocycles. The van der Waals surface area contributed by atoms with Crippen LogP contribution in [0.1, 0.15) is 12.8 Å². The van der Waals surface area contributed by atoms with Gasteiger partial charge in [-0.25, -0.2) is 15.0 Å². The molecule has 3 aromatic heterocycles. The maximum Gasteiger partial charge on any atom is 0.170 e. The Labute approximate surface area is 127 Å². The summed E-state index contributed by atoms with van der Waals surface area (Å²) in [6.45, 7) is 1.60. The van der Waals surface area contributed by atoms with Gasteiger partial charge in [0.25, 0.3) is 0 Å². The minimum atomic E-state index is 0.260. The van der Waals surface area contributed by atoms with Crippen LogP contribution in [0.5, 0.6) is 0 Å². The van der Waals surface area contributed by atoms with Gasteiger partial charge >= 0.3 is 0 Å². The SMILES string of the molecule is c1ccc(-n2ncc3c(NC[C@@H]4CCCO4)ncnc32)nc1. The van der Waals surface area contributed by atoms with E-state index in [9.17, 15) is 0 Å². The fraction of sp³-hybridized carbons (Fsp3) is 0.333. The fourth-order valence-corrected chi connectivity index (χ4v) is 2.65. The molecule has 0 radical (unpaired) electrons. The Morgan fingerprint density at radius 1 is 1.27 bits per heavy atom. The standard InChI is InChI=1S/C15H16N6O/c1-2-6-16-13(5-1)21-15-12(9-20-21)14(18-10-19-15)17-8-11-4-3-7-22-11/h1-2,5-6,9-11H,3-4,7-8H2,(H,17,18,19)/t11-/m0/s1. The highest BCUT2D eigenvalue weighted by Crippen LogP contribution is 2.21. The Balaban J connectivity index is 1.65. The zero-order valence-electron chi connectivity index (χ0n) is 12.0. The second kappa shape index (κ2) is 5.69. The van der Waals surface area contributed by atoms with Crippen molar-refractivity contribution in [3.63, 3.8) is 0 Å². The molecule has 1 saturated heterocycles. The van der Waals surface area contributed by atoms with Crippen molar-refractivity contribution in [3.8, 4) is 5.82 Å². The molecule has 4 heterocycles. The van der Waals surface area contributed by atoms with Crippen molar-refractivity contribution in [2.75, 3.05) is 18.5 Å². The molecule has 3 aromatic rings. The monoisotopic (exact) mass is 296 g/mol. The van der Waals surface area contributed by atoms with E-state index in [2.05, 4.69) is 25.4 Å². The van der Waals surface area contributed by atoms with E-state index < -0.39 is 0 Å². The Hall–Kier alpha value is -2.54. The van der Waals surface area contributed by atoms with Crippen molar-refractivity contribution in [2.45, 2.75) is 18.9 Å². The lowest BCUT2D eigenvalue weighted by Crippen LogP contribution is -2.19. The minimum absolute atomic E-state index is 0.260. The van der Waals surface area contributed by atoms with Crippen molar-refractivity contribution in [2.24, 2.45) is 0 Å². The van der Waals surface area contributed by atoms with Gasteiger partial charge in [0.1, 0.15) is 12.1 Å². The van der Waals surface area contributed by atoms with Crippen LogP contribution in [-0.2, 0) is 4.74 Å². The number of hydrogen-bond donors (Lipinski definition) is 1. The number of ether oxygens (including phenoxy) is 1.